The molecule has 0 spiro atoms. The van der Waals surface area contributed by atoms with Crippen molar-refractivity contribution < 1.29 is 9.18 Å². The number of amides is 1. The van der Waals surface area contributed by atoms with Crippen molar-refractivity contribution in [2.45, 2.75) is 18.9 Å². The van der Waals surface area contributed by atoms with Crippen LogP contribution in [-0.2, 0) is 0 Å². The van der Waals surface area contributed by atoms with Gasteiger partial charge in [0.05, 0.1) is 11.7 Å². The first-order valence-corrected chi connectivity index (χ1v) is 7.66. The van der Waals surface area contributed by atoms with Crippen LogP contribution in [0.15, 0.2) is 48.5 Å². The van der Waals surface area contributed by atoms with Gasteiger partial charge in [0, 0.05) is 11.1 Å². The Hall–Kier alpha value is -3.09. The molecule has 1 heterocycles. The predicted molar refractivity (Wildman–Crippen MR) is 85.9 cm³/mol. The second-order valence-electron chi connectivity index (χ2n) is 5.68. The van der Waals surface area contributed by atoms with E-state index in [9.17, 15) is 9.18 Å². The van der Waals surface area contributed by atoms with Gasteiger partial charge >= 0.3 is 0 Å². The molecule has 6 nitrogen and oxygen atoms in total. The number of nitrogens with one attached hydrogen (secondary N) is 1. The fourth-order valence-corrected chi connectivity index (χ4v) is 2.52. The number of rotatable bonds is 4. The lowest BCUT2D eigenvalue weighted by atomic mass is 10.1. The maximum Gasteiger partial charge on any atom is 0.255 e. The summed E-state index contributed by atoms with van der Waals surface area (Å²) in [4.78, 5) is 12.4. The summed E-state index contributed by atoms with van der Waals surface area (Å²) in [7, 11) is 0. The Kier molecular flexibility index (Phi) is 3.53. The largest absolute Gasteiger partial charge is 0.321 e. The molecule has 4 rings (SSSR count). The fourth-order valence-electron chi connectivity index (χ4n) is 2.52. The van der Waals surface area contributed by atoms with Gasteiger partial charge in [-0.05, 0) is 59.7 Å². The van der Waals surface area contributed by atoms with Crippen LogP contribution in [0.2, 0.25) is 0 Å². The molecule has 120 valence electrons. The van der Waals surface area contributed by atoms with Crippen molar-refractivity contribution in [2.24, 2.45) is 0 Å². The maximum absolute atomic E-state index is 13.0. The Morgan fingerprint density at radius 3 is 2.62 bits per heavy atom. The molecule has 1 aliphatic carbocycles. The number of hydrogen-bond acceptors (Lipinski definition) is 4. The lowest BCUT2D eigenvalue weighted by Crippen LogP contribution is -2.13. The zero-order valence-corrected chi connectivity index (χ0v) is 12.7. The van der Waals surface area contributed by atoms with Crippen molar-refractivity contribution in [3.05, 3.63) is 59.9 Å². The first-order chi connectivity index (χ1) is 11.7. The van der Waals surface area contributed by atoms with Crippen molar-refractivity contribution in [1.82, 2.24) is 20.2 Å². The lowest BCUT2D eigenvalue weighted by molar-refractivity contribution is 0.102. The van der Waals surface area contributed by atoms with E-state index in [1.807, 2.05) is 18.2 Å². The van der Waals surface area contributed by atoms with Crippen LogP contribution in [0.3, 0.4) is 0 Å². The molecule has 2 aromatic carbocycles. The minimum atomic E-state index is -0.379. The summed E-state index contributed by atoms with van der Waals surface area (Å²) in [5.74, 6) is -0.0593. The fraction of sp³-hybridized carbons (Fsp3) is 0.176. The summed E-state index contributed by atoms with van der Waals surface area (Å²) in [6.07, 6.45) is 2.12. The third-order valence-electron chi connectivity index (χ3n) is 3.91. The van der Waals surface area contributed by atoms with Crippen LogP contribution >= 0.6 is 0 Å². The smallest absolute Gasteiger partial charge is 0.255 e. The number of nitrogens with zero attached hydrogens (tertiary/aromatic N) is 4. The van der Waals surface area contributed by atoms with Gasteiger partial charge in [-0.25, -0.2) is 9.07 Å². The highest BCUT2D eigenvalue weighted by Crippen LogP contribution is 2.38. The van der Waals surface area contributed by atoms with Crippen LogP contribution in [0.1, 0.15) is 29.2 Å². The zero-order valence-electron chi connectivity index (χ0n) is 12.7. The van der Waals surface area contributed by atoms with E-state index in [1.54, 1.807) is 10.7 Å². The van der Waals surface area contributed by atoms with E-state index in [1.165, 1.54) is 24.3 Å². The van der Waals surface area contributed by atoms with E-state index in [0.717, 1.165) is 18.4 Å². The van der Waals surface area contributed by atoms with Gasteiger partial charge in [-0.2, -0.15) is 0 Å². The number of aromatic nitrogens is 4. The van der Waals surface area contributed by atoms with Crippen LogP contribution in [0.5, 0.6) is 0 Å². The molecule has 0 bridgehead atoms. The van der Waals surface area contributed by atoms with Crippen LogP contribution in [0, 0.1) is 5.82 Å². The zero-order chi connectivity index (χ0) is 16.5. The van der Waals surface area contributed by atoms with Crippen molar-refractivity contribution in [2.75, 3.05) is 5.32 Å². The average molecular weight is 323 g/mol. The second kappa shape index (κ2) is 5.84. The molecular formula is C17H14FN5O. The standard InChI is InChI=1S/C17H14FN5O/c18-12-7-5-11(6-8-12)17(24)19-15-4-2-1-3-14(15)16-20-21-22-23(16)13-9-10-13/h1-8,13H,9-10H2,(H,19,24). The van der Waals surface area contributed by atoms with Gasteiger partial charge < -0.3 is 5.32 Å². The summed E-state index contributed by atoms with van der Waals surface area (Å²) in [5, 5.41) is 14.8. The number of para-hydroxylation sites is 1. The molecule has 3 aromatic rings. The van der Waals surface area contributed by atoms with Gasteiger partial charge in [0.25, 0.3) is 5.91 Å². The van der Waals surface area contributed by atoms with Crippen molar-refractivity contribution in [3.63, 3.8) is 0 Å². The van der Waals surface area contributed by atoms with E-state index in [2.05, 4.69) is 20.8 Å². The number of halogens is 1. The van der Waals surface area contributed by atoms with Crippen LogP contribution in [0.25, 0.3) is 11.4 Å². The van der Waals surface area contributed by atoms with Crippen LogP contribution < -0.4 is 5.32 Å². The summed E-state index contributed by atoms with van der Waals surface area (Å²) in [5.41, 5.74) is 1.75. The number of anilines is 1. The minimum Gasteiger partial charge on any atom is -0.321 e. The molecule has 1 fully saturated rings. The number of carbonyl (C=O) groups is 1. The van der Waals surface area contributed by atoms with E-state index in [-0.39, 0.29) is 11.7 Å². The first kappa shape index (κ1) is 14.5. The lowest BCUT2D eigenvalue weighted by Gasteiger charge is -2.11. The molecule has 1 N–H and O–H groups in total. The minimum absolute atomic E-state index is 0.312. The third-order valence-corrected chi connectivity index (χ3v) is 3.91. The second-order valence-corrected chi connectivity index (χ2v) is 5.68. The molecule has 1 aliphatic rings. The summed E-state index contributed by atoms with van der Waals surface area (Å²) in [6.45, 7) is 0. The van der Waals surface area contributed by atoms with Gasteiger partial charge in [-0.1, -0.05) is 12.1 Å². The molecular weight excluding hydrogens is 309 g/mol. The van der Waals surface area contributed by atoms with E-state index >= 15 is 0 Å². The summed E-state index contributed by atoms with van der Waals surface area (Å²) < 4.78 is 14.8. The van der Waals surface area contributed by atoms with Crippen LogP contribution in [0.4, 0.5) is 10.1 Å². The third kappa shape index (κ3) is 2.76. The van der Waals surface area contributed by atoms with Gasteiger partial charge in [-0.15, -0.1) is 5.10 Å². The van der Waals surface area contributed by atoms with E-state index < -0.39 is 0 Å². The van der Waals surface area contributed by atoms with Gasteiger partial charge in [0.1, 0.15) is 5.82 Å². The van der Waals surface area contributed by atoms with E-state index in [0.29, 0.717) is 23.1 Å². The predicted octanol–water partition coefficient (Wildman–Crippen LogP) is 3.07. The highest BCUT2D eigenvalue weighted by molar-refractivity contribution is 6.06. The van der Waals surface area contributed by atoms with Crippen molar-refractivity contribution in [1.29, 1.82) is 0 Å². The highest BCUT2D eigenvalue weighted by Gasteiger charge is 2.29. The summed E-state index contributed by atoms with van der Waals surface area (Å²) >= 11 is 0. The SMILES string of the molecule is O=C(Nc1ccccc1-c1nnnn1C1CC1)c1ccc(F)cc1. The van der Waals surface area contributed by atoms with Gasteiger partial charge in [0.15, 0.2) is 5.82 Å². The molecule has 1 aromatic heterocycles. The number of carbonyl (C=O) groups excluding carboxylic acids is 1. The molecule has 0 aliphatic heterocycles. The van der Waals surface area contributed by atoms with E-state index in [4.69, 9.17) is 0 Å². The van der Waals surface area contributed by atoms with Gasteiger partial charge in [-0.3, -0.25) is 4.79 Å². The first-order valence-electron chi connectivity index (χ1n) is 7.66. The number of hydrogen-bond donors (Lipinski definition) is 1. The Balaban J connectivity index is 1.65. The normalized spacial score (nSPS) is 13.7. The number of benzene rings is 2. The van der Waals surface area contributed by atoms with Crippen molar-refractivity contribution in [3.8, 4) is 11.4 Å². The highest BCUT2D eigenvalue weighted by atomic mass is 19.1. The molecule has 1 amide bonds. The number of tetrazole rings is 1. The Bertz CT molecular complexity index is 886. The van der Waals surface area contributed by atoms with Crippen molar-refractivity contribution >= 4 is 11.6 Å². The van der Waals surface area contributed by atoms with Crippen LogP contribution in [-0.4, -0.2) is 26.1 Å². The monoisotopic (exact) mass is 323 g/mol. The topological polar surface area (TPSA) is 72.7 Å². The molecule has 0 unspecified atom stereocenters. The van der Waals surface area contributed by atoms with Gasteiger partial charge in [0.2, 0.25) is 0 Å². The molecule has 1 saturated carbocycles. The average Bonchev–Trinajstić information content (AvgIpc) is 3.33. The molecule has 0 saturated heterocycles. The Morgan fingerprint density at radius 1 is 1.12 bits per heavy atom. The maximum atomic E-state index is 13.0. The Labute approximate surface area is 137 Å². The quantitative estimate of drug-likeness (QED) is 0.801. The molecule has 24 heavy (non-hydrogen) atoms. The Morgan fingerprint density at radius 2 is 1.88 bits per heavy atom. The molecule has 7 heteroatoms. The summed E-state index contributed by atoms with van der Waals surface area (Å²) in [6, 6.07) is 13.1. The molecule has 0 radical (unpaired) electrons. The molecule has 0 atom stereocenters.